The molecule has 0 aromatic heterocycles. The Labute approximate surface area is 118 Å². The number of ether oxygens (including phenoxy) is 1. The summed E-state index contributed by atoms with van der Waals surface area (Å²) in [5.41, 5.74) is 6.37. The Morgan fingerprint density at radius 2 is 1.89 bits per heavy atom. The highest BCUT2D eigenvalue weighted by Gasteiger charge is 2.43. The molecule has 0 aromatic carbocycles. The van der Waals surface area contributed by atoms with Gasteiger partial charge in [0.15, 0.2) is 0 Å². The summed E-state index contributed by atoms with van der Waals surface area (Å²) in [7, 11) is 4.08. The zero-order chi connectivity index (χ0) is 14.0. The van der Waals surface area contributed by atoms with E-state index < -0.39 is 0 Å². The van der Waals surface area contributed by atoms with Crippen LogP contribution in [0.25, 0.3) is 0 Å². The molecule has 112 valence electrons. The SMILES string of the molecule is COC1CCCC(CN)(N2CC(C)N(C)C(C)C2)C1. The van der Waals surface area contributed by atoms with Gasteiger partial charge in [-0.3, -0.25) is 9.80 Å². The summed E-state index contributed by atoms with van der Waals surface area (Å²) >= 11 is 0. The smallest absolute Gasteiger partial charge is 0.0589 e. The zero-order valence-electron chi connectivity index (χ0n) is 13.1. The lowest BCUT2D eigenvalue weighted by atomic mass is 9.77. The quantitative estimate of drug-likeness (QED) is 0.838. The number of rotatable bonds is 3. The van der Waals surface area contributed by atoms with Crippen molar-refractivity contribution in [3.8, 4) is 0 Å². The number of likely N-dealkylation sites (N-methyl/N-ethyl adjacent to an activating group) is 1. The Morgan fingerprint density at radius 3 is 2.42 bits per heavy atom. The van der Waals surface area contributed by atoms with Crippen LogP contribution < -0.4 is 5.73 Å². The first-order valence-corrected chi connectivity index (χ1v) is 7.72. The normalized spacial score (nSPS) is 42.5. The molecule has 4 atom stereocenters. The fourth-order valence-corrected chi connectivity index (χ4v) is 3.88. The summed E-state index contributed by atoms with van der Waals surface area (Å²) in [5.74, 6) is 0. The van der Waals surface area contributed by atoms with Crippen molar-refractivity contribution >= 4 is 0 Å². The minimum Gasteiger partial charge on any atom is -0.381 e. The van der Waals surface area contributed by atoms with E-state index in [1.54, 1.807) is 0 Å². The van der Waals surface area contributed by atoms with Crippen molar-refractivity contribution in [1.29, 1.82) is 0 Å². The molecule has 1 heterocycles. The second kappa shape index (κ2) is 6.08. The Hall–Kier alpha value is -0.160. The van der Waals surface area contributed by atoms with E-state index in [4.69, 9.17) is 10.5 Å². The molecule has 19 heavy (non-hydrogen) atoms. The molecule has 0 bridgehead atoms. The third-order valence-corrected chi connectivity index (χ3v) is 5.52. The summed E-state index contributed by atoms with van der Waals surface area (Å²) in [5, 5.41) is 0. The molecule has 2 aliphatic rings. The molecule has 2 fully saturated rings. The van der Waals surface area contributed by atoms with E-state index in [1.165, 1.54) is 19.3 Å². The molecule has 1 aliphatic heterocycles. The van der Waals surface area contributed by atoms with Crippen LogP contribution >= 0.6 is 0 Å². The molecule has 1 aliphatic carbocycles. The lowest BCUT2D eigenvalue weighted by molar-refractivity contribution is -0.0605. The van der Waals surface area contributed by atoms with Crippen LogP contribution in [-0.4, -0.2) is 67.3 Å². The maximum Gasteiger partial charge on any atom is 0.0589 e. The monoisotopic (exact) mass is 269 g/mol. The standard InChI is InChI=1S/C15H31N3O/c1-12-9-18(10-13(2)17(12)3)15(11-16)7-5-6-14(8-15)19-4/h12-14H,5-11,16H2,1-4H3. The average Bonchev–Trinajstić information content (AvgIpc) is 2.44. The molecular weight excluding hydrogens is 238 g/mol. The van der Waals surface area contributed by atoms with Gasteiger partial charge in [-0.05, 0) is 46.6 Å². The van der Waals surface area contributed by atoms with Gasteiger partial charge in [-0.25, -0.2) is 0 Å². The van der Waals surface area contributed by atoms with Gasteiger partial charge in [0.2, 0.25) is 0 Å². The Bertz CT molecular complexity index is 287. The van der Waals surface area contributed by atoms with Crippen LogP contribution in [0.15, 0.2) is 0 Å². The highest BCUT2D eigenvalue weighted by atomic mass is 16.5. The first-order chi connectivity index (χ1) is 9.02. The summed E-state index contributed by atoms with van der Waals surface area (Å²) in [4.78, 5) is 5.14. The van der Waals surface area contributed by atoms with Gasteiger partial charge in [0.05, 0.1) is 6.10 Å². The number of hydrogen-bond acceptors (Lipinski definition) is 4. The van der Waals surface area contributed by atoms with Gasteiger partial charge >= 0.3 is 0 Å². The maximum absolute atomic E-state index is 6.20. The third-order valence-electron chi connectivity index (χ3n) is 5.52. The van der Waals surface area contributed by atoms with Crippen molar-refractivity contribution in [3.05, 3.63) is 0 Å². The number of hydrogen-bond donors (Lipinski definition) is 1. The largest absolute Gasteiger partial charge is 0.381 e. The number of methoxy groups -OCH3 is 1. The summed E-state index contributed by atoms with van der Waals surface area (Å²) < 4.78 is 5.62. The molecule has 1 saturated carbocycles. The number of nitrogens with zero attached hydrogens (tertiary/aromatic N) is 2. The van der Waals surface area contributed by atoms with Crippen molar-refractivity contribution in [2.45, 2.75) is 63.3 Å². The summed E-state index contributed by atoms with van der Waals surface area (Å²) in [6.07, 6.45) is 5.15. The van der Waals surface area contributed by atoms with E-state index in [0.29, 0.717) is 18.2 Å². The van der Waals surface area contributed by atoms with Gasteiger partial charge in [-0.2, -0.15) is 0 Å². The molecule has 0 radical (unpaired) electrons. The molecule has 0 amide bonds. The first-order valence-electron chi connectivity index (χ1n) is 7.72. The first kappa shape index (κ1) is 15.2. The fraction of sp³-hybridized carbons (Fsp3) is 1.00. The summed E-state index contributed by atoms with van der Waals surface area (Å²) in [6, 6.07) is 1.21. The number of piperazine rings is 1. The predicted molar refractivity (Wildman–Crippen MR) is 79.3 cm³/mol. The fourth-order valence-electron chi connectivity index (χ4n) is 3.88. The zero-order valence-corrected chi connectivity index (χ0v) is 13.1. The lowest BCUT2D eigenvalue weighted by Crippen LogP contribution is -2.65. The molecule has 4 heteroatoms. The van der Waals surface area contributed by atoms with Gasteiger partial charge in [-0.1, -0.05) is 0 Å². The molecule has 2 rings (SSSR count). The number of nitrogens with two attached hydrogens (primary N) is 1. The van der Waals surface area contributed by atoms with E-state index in [-0.39, 0.29) is 5.54 Å². The minimum atomic E-state index is 0.169. The third kappa shape index (κ3) is 2.97. The van der Waals surface area contributed by atoms with Gasteiger partial charge in [0.1, 0.15) is 0 Å². The van der Waals surface area contributed by atoms with Crippen LogP contribution in [0.2, 0.25) is 0 Å². The van der Waals surface area contributed by atoms with Crippen LogP contribution in [0.4, 0.5) is 0 Å². The Kier molecular flexibility index (Phi) is 4.88. The molecule has 4 unspecified atom stereocenters. The van der Waals surface area contributed by atoms with Gasteiger partial charge in [0.25, 0.3) is 0 Å². The minimum absolute atomic E-state index is 0.169. The second-order valence-corrected chi connectivity index (χ2v) is 6.65. The predicted octanol–water partition coefficient (Wildman–Crippen LogP) is 1.30. The Morgan fingerprint density at radius 1 is 1.26 bits per heavy atom. The molecule has 0 aromatic rings. The van der Waals surface area contributed by atoms with Crippen LogP contribution in [0.1, 0.15) is 39.5 Å². The maximum atomic E-state index is 6.20. The molecule has 0 spiro atoms. The van der Waals surface area contributed by atoms with Gasteiger partial charge in [-0.15, -0.1) is 0 Å². The molecule has 1 saturated heterocycles. The van der Waals surface area contributed by atoms with E-state index in [0.717, 1.165) is 26.1 Å². The molecule has 4 nitrogen and oxygen atoms in total. The van der Waals surface area contributed by atoms with Crippen molar-refractivity contribution in [2.24, 2.45) is 5.73 Å². The van der Waals surface area contributed by atoms with E-state index in [2.05, 4.69) is 30.7 Å². The van der Waals surface area contributed by atoms with Crippen LogP contribution in [0.3, 0.4) is 0 Å². The lowest BCUT2D eigenvalue weighted by Gasteiger charge is -2.54. The second-order valence-electron chi connectivity index (χ2n) is 6.65. The van der Waals surface area contributed by atoms with Gasteiger partial charge in [0, 0.05) is 44.4 Å². The van der Waals surface area contributed by atoms with E-state index in [9.17, 15) is 0 Å². The van der Waals surface area contributed by atoms with Crippen molar-refractivity contribution in [3.63, 3.8) is 0 Å². The molecule has 2 N–H and O–H groups in total. The van der Waals surface area contributed by atoms with Crippen LogP contribution in [0.5, 0.6) is 0 Å². The van der Waals surface area contributed by atoms with Crippen molar-refractivity contribution in [1.82, 2.24) is 9.80 Å². The Balaban J connectivity index is 2.12. The van der Waals surface area contributed by atoms with E-state index in [1.807, 2.05) is 7.11 Å². The summed E-state index contributed by atoms with van der Waals surface area (Å²) in [6.45, 7) is 7.67. The van der Waals surface area contributed by atoms with Crippen LogP contribution in [0, 0.1) is 0 Å². The highest BCUT2D eigenvalue weighted by Crippen LogP contribution is 2.36. The highest BCUT2D eigenvalue weighted by molar-refractivity contribution is 5.00. The van der Waals surface area contributed by atoms with Crippen molar-refractivity contribution < 1.29 is 4.74 Å². The van der Waals surface area contributed by atoms with Crippen LogP contribution in [-0.2, 0) is 4.74 Å². The average molecular weight is 269 g/mol. The van der Waals surface area contributed by atoms with E-state index >= 15 is 0 Å². The topological polar surface area (TPSA) is 41.7 Å². The molecular formula is C15H31N3O. The van der Waals surface area contributed by atoms with Gasteiger partial charge < -0.3 is 10.5 Å². The van der Waals surface area contributed by atoms with Crippen molar-refractivity contribution in [2.75, 3.05) is 33.8 Å².